The van der Waals surface area contributed by atoms with Crippen molar-refractivity contribution in [2.45, 2.75) is 4.90 Å². The summed E-state index contributed by atoms with van der Waals surface area (Å²) in [6.45, 7) is 6.66. The zero-order chi connectivity index (χ0) is 10.1. The van der Waals surface area contributed by atoms with E-state index < -0.39 is 10.0 Å². The van der Waals surface area contributed by atoms with Crippen LogP contribution >= 0.6 is 0 Å². The molecule has 0 aliphatic heterocycles. The zero-order valence-corrected chi connectivity index (χ0v) is 7.38. The van der Waals surface area contributed by atoms with Crippen LogP contribution in [-0.2, 0) is 10.0 Å². The van der Waals surface area contributed by atoms with E-state index in [2.05, 4.69) is 4.85 Å². The van der Waals surface area contributed by atoms with E-state index in [1.54, 1.807) is 0 Å². The molecule has 0 unspecified atom stereocenters. The molecular weight excluding hydrogens is 190 g/mol. The SMILES string of the molecule is [C-]#[N+]c1ccc(S(N)(=O)=O)c(N)c1. The summed E-state index contributed by atoms with van der Waals surface area (Å²) in [7, 11) is -3.79. The van der Waals surface area contributed by atoms with Crippen molar-refractivity contribution in [3.8, 4) is 0 Å². The van der Waals surface area contributed by atoms with Gasteiger partial charge in [0, 0.05) is 5.69 Å². The number of hydrogen-bond donors (Lipinski definition) is 2. The summed E-state index contributed by atoms with van der Waals surface area (Å²) in [6, 6.07) is 3.84. The Morgan fingerprint density at radius 2 is 2.00 bits per heavy atom. The van der Waals surface area contributed by atoms with E-state index in [9.17, 15) is 8.42 Å². The van der Waals surface area contributed by atoms with Crippen molar-refractivity contribution in [3.63, 3.8) is 0 Å². The van der Waals surface area contributed by atoms with Crippen LogP contribution in [0.1, 0.15) is 0 Å². The normalized spacial score (nSPS) is 10.8. The minimum atomic E-state index is -3.79. The fraction of sp³-hybridized carbons (Fsp3) is 0. The molecule has 0 saturated carbocycles. The van der Waals surface area contributed by atoms with E-state index in [0.717, 1.165) is 0 Å². The average molecular weight is 197 g/mol. The standard InChI is InChI=1S/C7H7N3O2S/c1-10-5-2-3-7(6(8)4-5)13(9,11)12/h2-4H,8H2,(H2,9,11,12). The molecule has 0 aliphatic rings. The van der Waals surface area contributed by atoms with Crippen LogP contribution in [0.5, 0.6) is 0 Å². The maximum absolute atomic E-state index is 10.9. The quantitative estimate of drug-likeness (QED) is 0.506. The predicted molar refractivity (Wildman–Crippen MR) is 48.5 cm³/mol. The van der Waals surface area contributed by atoms with Gasteiger partial charge in [0.2, 0.25) is 10.0 Å². The Morgan fingerprint density at radius 1 is 1.38 bits per heavy atom. The van der Waals surface area contributed by atoms with Crippen LogP contribution in [0.15, 0.2) is 23.1 Å². The van der Waals surface area contributed by atoms with Gasteiger partial charge in [-0.05, 0) is 6.07 Å². The Balaban J connectivity index is 3.40. The maximum atomic E-state index is 10.9. The Bertz CT molecular complexity index is 473. The number of rotatable bonds is 1. The third kappa shape index (κ3) is 1.96. The van der Waals surface area contributed by atoms with Crippen molar-refractivity contribution < 1.29 is 8.42 Å². The van der Waals surface area contributed by atoms with Crippen molar-refractivity contribution in [2.24, 2.45) is 5.14 Å². The molecule has 0 spiro atoms. The molecule has 0 heterocycles. The Morgan fingerprint density at radius 3 is 2.38 bits per heavy atom. The van der Waals surface area contributed by atoms with Crippen molar-refractivity contribution in [3.05, 3.63) is 29.6 Å². The Labute approximate surface area is 75.8 Å². The first-order valence-electron chi connectivity index (χ1n) is 3.25. The van der Waals surface area contributed by atoms with E-state index in [1.165, 1.54) is 18.2 Å². The number of hydrogen-bond acceptors (Lipinski definition) is 3. The lowest BCUT2D eigenvalue weighted by Crippen LogP contribution is -2.13. The van der Waals surface area contributed by atoms with Gasteiger partial charge in [0.05, 0.1) is 6.57 Å². The molecule has 0 radical (unpaired) electrons. The molecule has 6 heteroatoms. The highest BCUT2D eigenvalue weighted by atomic mass is 32.2. The first-order valence-corrected chi connectivity index (χ1v) is 4.79. The molecule has 0 fully saturated rings. The summed E-state index contributed by atoms with van der Waals surface area (Å²) in [5.74, 6) is 0. The molecule has 13 heavy (non-hydrogen) atoms. The van der Waals surface area contributed by atoms with E-state index >= 15 is 0 Å². The number of anilines is 1. The molecule has 0 amide bonds. The van der Waals surface area contributed by atoms with Gasteiger partial charge in [-0.3, -0.25) is 0 Å². The number of sulfonamides is 1. The maximum Gasteiger partial charge on any atom is 0.239 e. The Kier molecular flexibility index (Phi) is 2.23. The summed E-state index contributed by atoms with van der Waals surface area (Å²) < 4.78 is 21.7. The molecule has 1 aromatic rings. The zero-order valence-electron chi connectivity index (χ0n) is 6.56. The van der Waals surface area contributed by atoms with Gasteiger partial charge in [-0.1, -0.05) is 12.1 Å². The van der Waals surface area contributed by atoms with Gasteiger partial charge < -0.3 is 5.73 Å². The van der Waals surface area contributed by atoms with Crippen molar-refractivity contribution in [2.75, 3.05) is 5.73 Å². The smallest absolute Gasteiger partial charge is 0.239 e. The predicted octanol–water partition coefficient (Wildman–Crippen LogP) is 0.467. The first-order chi connectivity index (χ1) is 5.95. The van der Waals surface area contributed by atoms with Gasteiger partial charge in [-0.25, -0.2) is 18.4 Å². The molecule has 68 valence electrons. The number of nitrogens with two attached hydrogens (primary N) is 2. The van der Waals surface area contributed by atoms with Crippen LogP contribution in [0, 0.1) is 6.57 Å². The van der Waals surface area contributed by atoms with Crippen LogP contribution in [0.25, 0.3) is 4.85 Å². The molecule has 0 aliphatic carbocycles. The fourth-order valence-electron chi connectivity index (χ4n) is 0.865. The van der Waals surface area contributed by atoms with Crippen molar-refractivity contribution in [1.82, 2.24) is 0 Å². The highest BCUT2D eigenvalue weighted by molar-refractivity contribution is 7.89. The molecule has 1 rings (SSSR count). The van der Waals surface area contributed by atoms with Crippen LogP contribution in [0.4, 0.5) is 11.4 Å². The van der Waals surface area contributed by atoms with E-state index in [1.807, 2.05) is 0 Å². The van der Waals surface area contributed by atoms with Crippen molar-refractivity contribution >= 4 is 21.4 Å². The van der Waals surface area contributed by atoms with Crippen molar-refractivity contribution in [1.29, 1.82) is 0 Å². The summed E-state index contributed by atoms with van der Waals surface area (Å²) in [6.07, 6.45) is 0. The summed E-state index contributed by atoms with van der Waals surface area (Å²) in [5, 5.41) is 4.86. The van der Waals surface area contributed by atoms with E-state index in [4.69, 9.17) is 17.4 Å². The van der Waals surface area contributed by atoms with E-state index in [0.29, 0.717) is 0 Å². The monoisotopic (exact) mass is 197 g/mol. The minimum Gasteiger partial charge on any atom is -0.399 e. The van der Waals surface area contributed by atoms with Gasteiger partial charge in [0.15, 0.2) is 5.69 Å². The molecule has 0 atom stereocenters. The first kappa shape index (κ1) is 9.51. The lowest BCUT2D eigenvalue weighted by atomic mass is 10.3. The van der Waals surface area contributed by atoms with Gasteiger partial charge in [-0.2, -0.15) is 0 Å². The average Bonchev–Trinajstić information content (AvgIpc) is 2.01. The molecule has 4 N–H and O–H groups in total. The molecule has 0 aromatic heterocycles. The number of primary sulfonamides is 1. The van der Waals surface area contributed by atoms with Gasteiger partial charge in [0.1, 0.15) is 4.90 Å². The fourth-order valence-corrected chi connectivity index (χ4v) is 1.51. The molecule has 5 nitrogen and oxygen atoms in total. The van der Waals surface area contributed by atoms with Gasteiger partial charge in [0.25, 0.3) is 0 Å². The second-order valence-electron chi connectivity index (χ2n) is 2.38. The number of nitrogens with zero attached hydrogens (tertiary/aromatic N) is 1. The topological polar surface area (TPSA) is 90.5 Å². The van der Waals surface area contributed by atoms with E-state index in [-0.39, 0.29) is 16.3 Å². The van der Waals surface area contributed by atoms with Crippen LogP contribution in [-0.4, -0.2) is 8.42 Å². The third-order valence-electron chi connectivity index (χ3n) is 1.43. The Hall–Kier alpha value is -1.58. The summed E-state index contributed by atoms with van der Waals surface area (Å²) in [5.41, 5.74) is 5.66. The van der Waals surface area contributed by atoms with Crippen LogP contribution in [0.2, 0.25) is 0 Å². The highest BCUT2D eigenvalue weighted by Crippen LogP contribution is 2.22. The second-order valence-corrected chi connectivity index (χ2v) is 3.91. The van der Waals surface area contributed by atoms with Gasteiger partial charge in [-0.15, -0.1) is 0 Å². The molecule has 0 saturated heterocycles. The third-order valence-corrected chi connectivity index (χ3v) is 2.41. The number of benzene rings is 1. The minimum absolute atomic E-state index is 0.00370. The summed E-state index contributed by atoms with van der Waals surface area (Å²) in [4.78, 5) is 2.94. The molecular formula is C7H7N3O2S. The highest BCUT2D eigenvalue weighted by Gasteiger charge is 2.11. The van der Waals surface area contributed by atoms with Crippen LogP contribution < -0.4 is 10.9 Å². The largest absolute Gasteiger partial charge is 0.399 e. The molecule has 0 bridgehead atoms. The second kappa shape index (κ2) is 3.05. The van der Waals surface area contributed by atoms with Gasteiger partial charge >= 0.3 is 0 Å². The lowest BCUT2D eigenvalue weighted by Gasteiger charge is -2.02. The number of nitrogen functional groups attached to an aromatic ring is 1. The summed E-state index contributed by atoms with van der Waals surface area (Å²) >= 11 is 0. The molecule has 1 aromatic carbocycles. The lowest BCUT2D eigenvalue weighted by molar-refractivity contribution is 0.598. The van der Waals surface area contributed by atoms with Crippen LogP contribution in [0.3, 0.4) is 0 Å².